The normalized spacial score (nSPS) is 11.2. The second-order valence-corrected chi connectivity index (χ2v) is 4.92. The summed E-state index contributed by atoms with van der Waals surface area (Å²) in [5.74, 6) is -0.0200. The van der Waals surface area contributed by atoms with Crippen LogP contribution < -0.4 is 10.1 Å². The van der Waals surface area contributed by atoms with Crippen molar-refractivity contribution in [2.24, 2.45) is 0 Å². The van der Waals surface area contributed by atoms with Gasteiger partial charge < -0.3 is 15.2 Å². The number of benzene rings is 2. The van der Waals surface area contributed by atoms with Crippen LogP contribution in [0.4, 0.5) is 10.1 Å². The summed E-state index contributed by atoms with van der Waals surface area (Å²) in [5.41, 5.74) is 1.95. The number of nitrogens with one attached hydrogen (secondary N) is 1. The molecular formula is C18H18FNO3. The van der Waals surface area contributed by atoms with E-state index in [1.54, 1.807) is 43.3 Å². The minimum atomic E-state index is -0.339. The Morgan fingerprint density at radius 2 is 2.00 bits per heavy atom. The summed E-state index contributed by atoms with van der Waals surface area (Å²) in [6.45, 7) is 1.92. The van der Waals surface area contributed by atoms with Gasteiger partial charge in [0, 0.05) is 11.8 Å². The highest BCUT2D eigenvalue weighted by atomic mass is 19.1. The average molecular weight is 315 g/mol. The predicted octanol–water partition coefficient (Wildman–Crippen LogP) is 3.24. The lowest BCUT2D eigenvalue weighted by Gasteiger charge is -2.07. The first-order valence-corrected chi connectivity index (χ1v) is 7.17. The zero-order valence-electron chi connectivity index (χ0n) is 12.8. The number of hydrogen-bond donors (Lipinski definition) is 2. The molecular weight excluding hydrogens is 297 g/mol. The number of rotatable bonds is 6. The Hall–Kier alpha value is -2.66. The third kappa shape index (κ3) is 5.23. The van der Waals surface area contributed by atoms with Crippen molar-refractivity contribution >= 4 is 17.2 Å². The van der Waals surface area contributed by atoms with Crippen LogP contribution in [-0.2, 0) is 4.79 Å². The van der Waals surface area contributed by atoms with Gasteiger partial charge in [-0.2, -0.15) is 0 Å². The molecule has 0 spiro atoms. The molecule has 23 heavy (non-hydrogen) atoms. The Kier molecular flexibility index (Phi) is 5.88. The largest absolute Gasteiger partial charge is 0.491 e. The Morgan fingerprint density at radius 1 is 1.26 bits per heavy atom. The maximum absolute atomic E-state index is 13.2. The van der Waals surface area contributed by atoms with E-state index in [0.717, 1.165) is 0 Å². The lowest BCUT2D eigenvalue weighted by molar-refractivity contribution is -0.111. The molecule has 0 atom stereocenters. The van der Waals surface area contributed by atoms with Crippen LogP contribution in [0.15, 0.2) is 54.6 Å². The zero-order chi connectivity index (χ0) is 16.7. The summed E-state index contributed by atoms with van der Waals surface area (Å²) >= 11 is 0. The number of amides is 1. The summed E-state index contributed by atoms with van der Waals surface area (Å²) in [5, 5.41) is 11.4. The highest BCUT2D eigenvalue weighted by Crippen LogP contribution is 2.17. The minimum Gasteiger partial charge on any atom is -0.491 e. The highest BCUT2D eigenvalue weighted by Gasteiger charge is 2.03. The van der Waals surface area contributed by atoms with Gasteiger partial charge in [-0.15, -0.1) is 0 Å². The Balaban J connectivity index is 1.99. The molecule has 0 aliphatic carbocycles. The molecule has 4 nitrogen and oxygen atoms in total. The molecule has 2 rings (SSSR count). The monoisotopic (exact) mass is 315 g/mol. The van der Waals surface area contributed by atoms with Gasteiger partial charge in [0.05, 0.1) is 6.61 Å². The molecule has 0 aliphatic rings. The maximum atomic E-state index is 13.2. The SMILES string of the molecule is C/C(=C/C(=O)Nc1ccc(OCCO)cc1)c1cccc(F)c1. The van der Waals surface area contributed by atoms with Crippen LogP contribution in [0, 0.1) is 5.82 Å². The molecule has 0 saturated heterocycles. The molecule has 0 unspecified atom stereocenters. The standard InChI is InChI=1S/C18H18FNO3/c1-13(14-3-2-4-15(19)12-14)11-18(22)20-16-5-7-17(8-6-16)23-10-9-21/h2-8,11-12,21H,9-10H2,1H3,(H,20,22)/b13-11-. The first kappa shape index (κ1) is 16.7. The first-order valence-electron chi connectivity index (χ1n) is 7.17. The molecule has 0 fully saturated rings. The van der Waals surface area contributed by atoms with Crippen molar-refractivity contribution in [2.75, 3.05) is 18.5 Å². The fraction of sp³-hybridized carbons (Fsp3) is 0.167. The van der Waals surface area contributed by atoms with Gasteiger partial charge in [-0.25, -0.2) is 4.39 Å². The van der Waals surface area contributed by atoms with Crippen molar-refractivity contribution in [3.8, 4) is 5.75 Å². The Morgan fingerprint density at radius 3 is 2.65 bits per heavy atom. The van der Waals surface area contributed by atoms with E-state index >= 15 is 0 Å². The van der Waals surface area contributed by atoms with Gasteiger partial charge in [0.15, 0.2) is 0 Å². The molecule has 120 valence electrons. The molecule has 2 aromatic rings. The summed E-state index contributed by atoms with van der Waals surface area (Å²) in [7, 11) is 0. The van der Waals surface area contributed by atoms with Gasteiger partial charge >= 0.3 is 0 Å². The molecule has 5 heteroatoms. The van der Waals surface area contributed by atoms with Crippen LogP contribution in [-0.4, -0.2) is 24.2 Å². The first-order chi connectivity index (χ1) is 11.1. The number of allylic oxidation sites excluding steroid dienone is 1. The van der Waals surface area contributed by atoms with Crippen molar-refractivity contribution in [3.05, 3.63) is 66.0 Å². The van der Waals surface area contributed by atoms with E-state index in [0.29, 0.717) is 22.6 Å². The van der Waals surface area contributed by atoms with Gasteiger partial charge in [-0.1, -0.05) is 12.1 Å². The predicted molar refractivity (Wildman–Crippen MR) is 87.7 cm³/mol. The number of hydrogen-bond acceptors (Lipinski definition) is 3. The van der Waals surface area contributed by atoms with Crippen molar-refractivity contribution in [2.45, 2.75) is 6.92 Å². The van der Waals surface area contributed by atoms with Crippen LogP contribution in [0.5, 0.6) is 5.75 Å². The third-order valence-electron chi connectivity index (χ3n) is 3.11. The van der Waals surface area contributed by atoms with E-state index in [4.69, 9.17) is 9.84 Å². The quantitative estimate of drug-likeness (QED) is 0.805. The molecule has 2 aromatic carbocycles. The van der Waals surface area contributed by atoms with Gasteiger partial charge in [0.25, 0.3) is 0 Å². The van der Waals surface area contributed by atoms with Crippen molar-refractivity contribution in [1.29, 1.82) is 0 Å². The fourth-order valence-electron chi connectivity index (χ4n) is 1.99. The average Bonchev–Trinajstić information content (AvgIpc) is 2.54. The second kappa shape index (κ2) is 8.10. The van der Waals surface area contributed by atoms with Crippen LogP contribution >= 0.6 is 0 Å². The Labute approximate surface area is 134 Å². The summed E-state index contributed by atoms with van der Waals surface area (Å²) in [6, 6.07) is 12.9. The maximum Gasteiger partial charge on any atom is 0.248 e. The van der Waals surface area contributed by atoms with Crippen LogP contribution in [0.3, 0.4) is 0 Å². The molecule has 1 amide bonds. The van der Waals surface area contributed by atoms with E-state index in [1.165, 1.54) is 18.2 Å². The number of halogens is 1. The van der Waals surface area contributed by atoms with Crippen molar-refractivity contribution in [3.63, 3.8) is 0 Å². The number of carbonyl (C=O) groups is 1. The molecule has 0 radical (unpaired) electrons. The van der Waals surface area contributed by atoms with Crippen molar-refractivity contribution < 1.29 is 19.0 Å². The molecule has 0 heterocycles. The molecule has 0 aliphatic heterocycles. The lowest BCUT2D eigenvalue weighted by atomic mass is 10.1. The highest BCUT2D eigenvalue weighted by molar-refractivity contribution is 6.03. The molecule has 0 aromatic heterocycles. The number of anilines is 1. The topological polar surface area (TPSA) is 58.6 Å². The van der Waals surface area contributed by atoms with Crippen LogP contribution in [0.25, 0.3) is 5.57 Å². The van der Waals surface area contributed by atoms with Crippen molar-refractivity contribution in [1.82, 2.24) is 0 Å². The van der Waals surface area contributed by atoms with Gasteiger partial charge in [0.2, 0.25) is 5.91 Å². The van der Waals surface area contributed by atoms with Gasteiger partial charge in [-0.3, -0.25) is 4.79 Å². The molecule has 0 saturated carbocycles. The number of aliphatic hydroxyl groups is 1. The Bertz CT molecular complexity index is 696. The molecule has 0 bridgehead atoms. The van der Waals surface area contributed by atoms with E-state index in [2.05, 4.69) is 5.32 Å². The number of aliphatic hydroxyl groups excluding tert-OH is 1. The fourth-order valence-corrected chi connectivity index (χ4v) is 1.99. The molecule has 2 N–H and O–H groups in total. The lowest BCUT2D eigenvalue weighted by Crippen LogP contribution is -2.08. The number of ether oxygens (including phenoxy) is 1. The van der Waals surface area contributed by atoms with Crippen LogP contribution in [0.1, 0.15) is 12.5 Å². The zero-order valence-corrected chi connectivity index (χ0v) is 12.8. The van der Waals surface area contributed by atoms with Gasteiger partial charge in [-0.05, 0) is 54.5 Å². The van der Waals surface area contributed by atoms with E-state index in [-0.39, 0.29) is 24.9 Å². The summed E-state index contributed by atoms with van der Waals surface area (Å²) < 4.78 is 18.4. The smallest absolute Gasteiger partial charge is 0.248 e. The van der Waals surface area contributed by atoms with Crippen LogP contribution in [0.2, 0.25) is 0 Å². The van der Waals surface area contributed by atoms with Gasteiger partial charge in [0.1, 0.15) is 18.2 Å². The van der Waals surface area contributed by atoms with E-state index in [1.807, 2.05) is 0 Å². The van der Waals surface area contributed by atoms with E-state index < -0.39 is 0 Å². The third-order valence-corrected chi connectivity index (χ3v) is 3.11. The van der Waals surface area contributed by atoms with E-state index in [9.17, 15) is 9.18 Å². The second-order valence-electron chi connectivity index (χ2n) is 4.92. The summed E-state index contributed by atoms with van der Waals surface area (Å²) in [4.78, 5) is 12.0. The minimum absolute atomic E-state index is 0.0529. The summed E-state index contributed by atoms with van der Waals surface area (Å²) in [6.07, 6.45) is 1.42. The number of carbonyl (C=O) groups excluding carboxylic acids is 1.